The van der Waals surface area contributed by atoms with Gasteiger partial charge in [0.15, 0.2) is 12.3 Å². The zero-order chi connectivity index (χ0) is 54.5. The van der Waals surface area contributed by atoms with Crippen molar-refractivity contribution >= 4 is 33.4 Å². The Hall–Kier alpha value is -3.32. The second-order valence-electron chi connectivity index (χ2n) is 19.2. The summed E-state index contributed by atoms with van der Waals surface area (Å²) in [5.41, 5.74) is 4.58. The number of phosphoric acid groups is 2. The molecule has 74 heavy (non-hydrogen) atoms. The molecule has 1 aliphatic rings. The Morgan fingerprint density at radius 3 is 2.03 bits per heavy atom. The van der Waals surface area contributed by atoms with E-state index in [0.717, 1.165) is 55.2 Å². The lowest BCUT2D eigenvalue weighted by Crippen LogP contribution is -2.36. The number of nitrogens with two attached hydrogens (primary N) is 1. The molecule has 0 radical (unpaired) electrons. The van der Waals surface area contributed by atoms with Crippen molar-refractivity contribution in [2.45, 2.75) is 224 Å². The number of aliphatic hydroxyl groups is 3. The molecule has 0 spiro atoms. The van der Waals surface area contributed by atoms with E-state index in [9.17, 15) is 48.6 Å². The van der Waals surface area contributed by atoms with E-state index in [1.165, 1.54) is 89.5 Å². The van der Waals surface area contributed by atoms with Crippen LogP contribution in [0.15, 0.2) is 65.7 Å². The number of aliphatic hydroxyl groups excluding tert-OH is 3. The molecule has 7 N–H and O–H groups in total. The largest absolute Gasteiger partial charge is 0.481 e. The molecular weight excluding hydrogens is 997 g/mol. The third kappa shape index (κ3) is 32.3. The Labute approximate surface area is 440 Å². The minimum atomic E-state index is -5.45. The van der Waals surface area contributed by atoms with Gasteiger partial charge in [0.05, 0.1) is 19.3 Å². The van der Waals surface area contributed by atoms with Gasteiger partial charge in [0.2, 0.25) is 0 Å². The number of carbonyl (C=O) groups is 2. The lowest BCUT2D eigenvalue weighted by Gasteiger charge is -2.21. The van der Waals surface area contributed by atoms with E-state index >= 15 is 0 Å². The molecule has 424 valence electrons. The highest BCUT2D eigenvalue weighted by Crippen LogP contribution is 2.60. The summed E-state index contributed by atoms with van der Waals surface area (Å²) in [5, 5.41) is 31.0. The van der Waals surface area contributed by atoms with E-state index in [0.29, 0.717) is 32.1 Å². The van der Waals surface area contributed by atoms with E-state index in [4.69, 9.17) is 29.0 Å². The summed E-state index contributed by atoms with van der Waals surface area (Å²) >= 11 is 0. The number of hydrogen-bond donors (Lipinski definition) is 6. The third-order valence-corrected chi connectivity index (χ3v) is 15.1. The average Bonchev–Trinajstić information content (AvgIpc) is 3.63. The number of anilines is 1. The Morgan fingerprint density at radius 2 is 1.38 bits per heavy atom. The molecule has 0 amide bonds. The van der Waals surface area contributed by atoms with Crippen LogP contribution in [0.2, 0.25) is 0 Å². The van der Waals surface area contributed by atoms with Gasteiger partial charge in [0, 0.05) is 19.0 Å². The molecule has 2 heterocycles. The van der Waals surface area contributed by atoms with Crippen LogP contribution in [0, 0.1) is 5.92 Å². The number of aromatic nitrogens is 2. The molecule has 1 aliphatic heterocycles. The van der Waals surface area contributed by atoms with Gasteiger partial charge in [0.1, 0.15) is 30.7 Å². The number of allylic oxidation sites excluding steroid dienone is 6. The minimum absolute atomic E-state index is 0.0574. The first-order chi connectivity index (χ1) is 35.5. The van der Waals surface area contributed by atoms with Crippen LogP contribution in [0.3, 0.4) is 0 Å². The number of phosphoric ester groups is 2. The van der Waals surface area contributed by atoms with E-state index in [1.807, 2.05) is 30.4 Å². The van der Waals surface area contributed by atoms with Gasteiger partial charge < -0.3 is 45.1 Å². The first-order valence-corrected chi connectivity index (χ1v) is 30.1. The van der Waals surface area contributed by atoms with Gasteiger partial charge in [0.25, 0.3) is 0 Å². The van der Waals surface area contributed by atoms with Crippen LogP contribution in [0.5, 0.6) is 0 Å². The number of nitrogens with zero attached hydrogens (tertiary/aromatic N) is 2. The second kappa shape index (κ2) is 40.0. The topological polar surface area (TPSA) is 286 Å². The smallest absolute Gasteiger partial charge is 0.462 e. The highest BCUT2D eigenvalue weighted by atomic mass is 31.3. The third-order valence-electron chi connectivity index (χ3n) is 12.5. The maximum Gasteiger partial charge on any atom is 0.481 e. The van der Waals surface area contributed by atoms with Gasteiger partial charge in [-0.15, -0.1) is 0 Å². The van der Waals surface area contributed by atoms with Gasteiger partial charge >= 0.3 is 33.3 Å². The Bertz CT molecular complexity index is 1960. The summed E-state index contributed by atoms with van der Waals surface area (Å²) in [4.78, 5) is 62.0. The summed E-state index contributed by atoms with van der Waals surface area (Å²) in [6, 6.07) is 1.24. The molecule has 0 aliphatic carbocycles. The molecule has 1 aromatic rings. The maximum absolute atomic E-state index is 12.9. The lowest BCUT2D eigenvalue weighted by atomic mass is 9.99. The molecular formula is C53H91N3O16P2. The average molecular weight is 1090 g/mol. The van der Waals surface area contributed by atoms with Gasteiger partial charge in [-0.05, 0) is 56.9 Å². The van der Waals surface area contributed by atoms with E-state index in [-0.39, 0.29) is 18.7 Å². The molecule has 3 unspecified atom stereocenters. The van der Waals surface area contributed by atoms with Crippen molar-refractivity contribution in [3.05, 3.63) is 71.4 Å². The van der Waals surface area contributed by atoms with Crippen LogP contribution < -0.4 is 11.4 Å². The Kier molecular flexibility index (Phi) is 36.1. The molecule has 0 aromatic carbocycles. The number of rotatable bonds is 44. The fourth-order valence-electron chi connectivity index (χ4n) is 7.90. The summed E-state index contributed by atoms with van der Waals surface area (Å²) in [5.74, 6) is -0.561. The van der Waals surface area contributed by atoms with Crippen molar-refractivity contribution in [3.8, 4) is 0 Å². The fraction of sp³-hybridized carbons (Fsp3) is 0.736. The van der Waals surface area contributed by atoms with Crippen molar-refractivity contribution in [2.24, 2.45) is 5.92 Å². The fourth-order valence-corrected chi connectivity index (χ4v) is 10.0. The van der Waals surface area contributed by atoms with Gasteiger partial charge in [-0.25, -0.2) is 13.9 Å². The Morgan fingerprint density at radius 1 is 0.770 bits per heavy atom. The standard InChI is InChI=1S/C53H91N3O16P2/c1-4-6-7-8-24-29-34-44(57)35-30-25-20-17-18-22-27-32-37-49(59)70-45(40-67-48(58)36-31-26-21-16-14-12-10-9-11-13-15-19-23-28-33-43(3)5-2)41-68-73(63,64)72-74(65,66)69-42-46-50(60)51(61)52(71-46)56-39-38-47(54)55-53(56)62/h18,20,22,24-25,29-30,35,38-39,43-46,50-52,57,60-61H,4-17,19,21,23,26-28,31-34,36-37,40-42H2,1-3H3,(H,63,64)(H,65,66)(H2,54,55,62)/b22-18-,25-20-,29-24-,35-30+/t43?,44-,45+,46+,50+,51+,52+/m0/s1. The minimum Gasteiger partial charge on any atom is -0.462 e. The number of ether oxygens (including phenoxy) is 3. The second-order valence-corrected chi connectivity index (χ2v) is 22.2. The predicted molar refractivity (Wildman–Crippen MR) is 285 cm³/mol. The van der Waals surface area contributed by atoms with Crippen LogP contribution in [0.4, 0.5) is 5.82 Å². The van der Waals surface area contributed by atoms with Crippen LogP contribution in [-0.2, 0) is 46.3 Å². The van der Waals surface area contributed by atoms with Crippen molar-refractivity contribution in [3.63, 3.8) is 0 Å². The normalized spacial score (nSPS) is 20.1. The van der Waals surface area contributed by atoms with E-state index in [1.54, 1.807) is 12.2 Å². The van der Waals surface area contributed by atoms with Gasteiger partial charge in [-0.3, -0.25) is 23.2 Å². The molecule has 0 bridgehead atoms. The highest BCUT2D eigenvalue weighted by Gasteiger charge is 2.46. The maximum atomic E-state index is 12.9. The van der Waals surface area contributed by atoms with Crippen molar-refractivity contribution in [1.82, 2.24) is 9.55 Å². The van der Waals surface area contributed by atoms with Crippen molar-refractivity contribution in [2.75, 3.05) is 25.6 Å². The summed E-state index contributed by atoms with van der Waals surface area (Å²) in [6.45, 7) is 4.37. The van der Waals surface area contributed by atoms with Crippen LogP contribution in [-0.4, -0.2) is 96.9 Å². The predicted octanol–water partition coefficient (Wildman–Crippen LogP) is 10.6. The molecule has 0 saturated carbocycles. The zero-order valence-electron chi connectivity index (χ0n) is 44.4. The molecule has 2 rings (SSSR count). The van der Waals surface area contributed by atoms with Crippen LogP contribution >= 0.6 is 15.6 Å². The first kappa shape index (κ1) is 66.8. The molecule has 1 aromatic heterocycles. The number of esters is 2. The zero-order valence-corrected chi connectivity index (χ0v) is 46.2. The first-order valence-electron chi connectivity index (χ1n) is 27.2. The molecule has 21 heteroatoms. The monoisotopic (exact) mass is 1090 g/mol. The van der Waals surface area contributed by atoms with E-state index < -0.39 is 89.8 Å². The lowest BCUT2D eigenvalue weighted by molar-refractivity contribution is -0.161. The number of unbranched alkanes of at least 4 members (excludes halogenated alkanes) is 17. The highest BCUT2D eigenvalue weighted by molar-refractivity contribution is 7.61. The van der Waals surface area contributed by atoms with Gasteiger partial charge in [-0.1, -0.05) is 179 Å². The molecule has 9 atom stereocenters. The number of nitrogen functional groups attached to an aromatic ring is 1. The summed E-state index contributed by atoms with van der Waals surface area (Å²) in [7, 11) is -10.9. The number of carbonyl (C=O) groups excluding carboxylic acids is 2. The van der Waals surface area contributed by atoms with Crippen LogP contribution in [0.25, 0.3) is 0 Å². The van der Waals surface area contributed by atoms with E-state index in [2.05, 4.69) is 36.1 Å². The molecule has 1 saturated heterocycles. The quantitative estimate of drug-likeness (QED) is 0.0116. The Balaban J connectivity index is 1.82. The van der Waals surface area contributed by atoms with Crippen molar-refractivity contribution in [1.29, 1.82) is 0 Å². The SMILES string of the molecule is CCCCC/C=C\C[C@H](O)/C=C/C=C\C/C=C\CCCC(=O)O[C@H](COC(=O)CCCCCCCCCCCCCCCCC(C)CC)COP(=O)(O)OP(=O)(O)OC[C@H]1O[C@@H](n2ccc(N)nc2=O)[C@H](O)[C@@H]1O. The van der Waals surface area contributed by atoms with Crippen LogP contribution in [0.1, 0.15) is 194 Å². The summed E-state index contributed by atoms with van der Waals surface area (Å²) < 4.78 is 56.8. The summed E-state index contributed by atoms with van der Waals surface area (Å²) in [6.07, 6.45) is 33.6. The van der Waals surface area contributed by atoms with Gasteiger partial charge in [-0.2, -0.15) is 9.29 Å². The number of hydrogen-bond acceptors (Lipinski definition) is 16. The molecule has 1 fully saturated rings. The van der Waals surface area contributed by atoms with Crippen molar-refractivity contribution < 1.29 is 71.4 Å². The molecule has 19 nitrogen and oxygen atoms in total.